The lowest BCUT2D eigenvalue weighted by atomic mass is 10.0. The van der Waals surface area contributed by atoms with Crippen molar-refractivity contribution < 1.29 is 14.0 Å². The van der Waals surface area contributed by atoms with Crippen LogP contribution >= 0.6 is 0 Å². The maximum absolute atomic E-state index is 13.7. The molecule has 2 aromatic heterocycles. The van der Waals surface area contributed by atoms with Crippen molar-refractivity contribution in [2.45, 2.75) is 25.8 Å². The molecule has 1 aromatic carbocycles. The van der Waals surface area contributed by atoms with Gasteiger partial charge in [-0.25, -0.2) is 9.07 Å². The Morgan fingerprint density at radius 3 is 2.50 bits per heavy atom. The Balaban J connectivity index is 1.43. The number of carbonyl (C=O) groups excluding carboxylic acids is 2. The lowest BCUT2D eigenvalue weighted by Gasteiger charge is -2.36. The van der Waals surface area contributed by atoms with E-state index in [4.69, 9.17) is 0 Å². The highest BCUT2D eigenvalue weighted by Gasteiger charge is 2.32. The SMILES string of the molecule is Cc1nnnn1C(Cc1cccc(F)c1)C(=O)N1CCN(C(=O)Cc2ccccn2)CC1. The maximum atomic E-state index is 13.7. The number of piperazine rings is 1. The topological polar surface area (TPSA) is 97.1 Å². The van der Waals surface area contributed by atoms with Gasteiger partial charge >= 0.3 is 0 Å². The Bertz CT molecular complexity index is 1080. The van der Waals surface area contributed by atoms with Crippen LogP contribution in [-0.4, -0.2) is 73.0 Å². The van der Waals surface area contributed by atoms with Gasteiger partial charge in [-0.15, -0.1) is 5.10 Å². The number of tetrazole rings is 1. The quantitative estimate of drug-likeness (QED) is 0.575. The third kappa shape index (κ3) is 4.96. The Labute approximate surface area is 184 Å². The summed E-state index contributed by atoms with van der Waals surface area (Å²) < 4.78 is 15.2. The van der Waals surface area contributed by atoms with E-state index in [-0.39, 0.29) is 30.5 Å². The van der Waals surface area contributed by atoms with Crippen molar-refractivity contribution in [1.29, 1.82) is 0 Å². The molecular weight excluding hydrogens is 413 g/mol. The number of aromatic nitrogens is 5. The van der Waals surface area contributed by atoms with E-state index in [9.17, 15) is 14.0 Å². The van der Waals surface area contributed by atoms with Crippen LogP contribution in [0.2, 0.25) is 0 Å². The number of aryl methyl sites for hydroxylation is 1. The predicted molar refractivity (Wildman–Crippen MR) is 113 cm³/mol. The first-order chi connectivity index (χ1) is 15.5. The molecule has 2 amide bonds. The van der Waals surface area contributed by atoms with E-state index >= 15 is 0 Å². The largest absolute Gasteiger partial charge is 0.339 e. The van der Waals surface area contributed by atoms with Gasteiger partial charge in [0.15, 0.2) is 0 Å². The molecule has 166 valence electrons. The van der Waals surface area contributed by atoms with Gasteiger partial charge in [0.25, 0.3) is 0 Å². The van der Waals surface area contributed by atoms with E-state index in [0.717, 1.165) is 5.69 Å². The molecule has 0 radical (unpaired) electrons. The molecule has 1 aliphatic rings. The Morgan fingerprint density at radius 2 is 1.84 bits per heavy atom. The number of halogens is 1. The molecule has 1 atom stereocenters. The fraction of sp³-hybridized carbons (Fsp3) is 0.364. The summed E-state index contributed by atoms with van der Waals surface area (Å²) in [5, 5.41) is 11.5. The van der Waals surface area contributed by atoms with Crippen LogP contribution in [0.25, 0.3) is 0 Å². The minimum atomic E-state index is -0.692. The average molecular weight is 437 g/mol. The first kappa shape index (κ1) is 21.5. The van der Waals surface area contributed by atoms with E-state index in [1.54, 1.807) is 35.1 Å². The molecule has 1 fully saturated rings. The molecule has 0 bridgehead atoms. The summed E-state index contributed by atoms with van der Waals surface area (Å²) in [6.45, 7) is 3.43. The van der Waals surface area contributed by atoms with E-state index < -0.39 is 6.04 Å². The van der Waals surface area contributed by atoms with E-state index in [0.29, 0.717) is 37.6 Å². The summed E-state index contributed by atoms with van der Waals surface area (Å²) in [6.07, 6.45) is 2.17. The molecule has 1 unspecified atom stereocenters. The summed E-state index contributed by atoms with van der Waals surface area (Å²) in [5.41, 5.74) is 1.41. The molecule has 9 nitrogen and oxygen atoms in total. The number of hydrogen-bond donors (Lipinski definition) is 0. The second-order valence-electron chi connectivity index (χ2n) is 7.72. The monoisotopic (exact) mass is 437 g/mol. The summed E-state index contributed by atoms with van der Waals surface area (Å²) in [6, 6.07) is 11.0. The van der Waals surface area contributed by atoms with Gasteiger partial charge in [0, 0.05) is 44.5 Å². The third-order valence-electron chi connectivity index (χ3n) is 5.56. The van der Waals surface area contributed by atoms with Gasteiger partial charge < -0.3 is 9.80 Å². The number of hydrogen-bond acceptors (Lipinski definition) is 6. The number of rotatable bonds is 6. The molecule has 3 heterocycles. The highest BCUT2D eigenvalue weighted by Crippen LogP contribution is 2.20. The van der Waals surface area contributed by atoms with Crippen LogP contribution in [0.15, 0.2) is 48.7 Å². The number of benzene rings is 1. The standard InChI is InChI=1S/C22H24FN7O2/c1-16-25-26-27-30(16)20(14-17-5-4-6-18(23)13-17)22(32)29-11-9-28(10-12-29)21(31)15-19-7-2-3-8-24-19/h2-8,13,20H,9-12,14-15H2,1H3. The average Bonchev–Trinajstić information content (AvgIpc) is 3.23. The number of carbonyl (C=O) groups is 2. The Hall–Kier alpha value is -3.69. The van der Waals surface area contributed by atoms with Gasteiger partial charge in [0.05, 0.1) is 6.42 Å². The van der Waals surface area contributed by atoms with Crippen molar-refractivity contribution in [3.8, 4) is 0 Å². The normalized spacial score (nSPS) is 14.9. The zero-order valence-corrected chi connectivity index (χ0v) is 17.8. The minimum Gasteiger partial charge on any atom is -0.339 e. The first-order valence-electron chi connectivity index (χ1n) is 10.5. The summed E-state index contributed by atoms with van der Waals surface area (Å²) in [5.74, 6) is -0.0176. The van der Waals surface area contributed by atoms with Crippen molar-refractivity contribution in [1.82, 2.24) is 35.0 Å². The molecule has 1 saturated heterocycles. The van der Waals surface area contributed by atoms with Gasteiger partial charge in [-0.2, -0.15) is 0 Å². The molecule has 10 heteroatoms. The van der Waals surface area contributed by atoms with Crippen molar-refractivity contribution in [2.24, 2.45) is 0 Å². The zero-order chi connectivity index (χ0) is 22.5. The highest BCUT2D eigenvalue weighted by atomic mass is 19.1. The molecule has 32 heavy (non-hydrogen) atoms. The molecule has 0 spiro atoms. The van der Waals surface area contributed by atoms with E-state index in [2.05, 4.69) is 20.5 Å². The third-order valence-corrected chi connectivity index (χ3v) is 5.56. The van der Waals surface area contributed by atoms with Crippen LogP contribution in [0.5, 0.6) is 0 Å². The van der Waals surface area contributed by atoms with Crippen LogP contribution in [0.4, 0.5) is 4.39 Å². The van der Waals surface area contributed by atoms with Gasteiger partial charge in [-0.05, 0) is 47.2 Å². The predicted octanol–water partition coefficient (Wildman–Crippen LogP) is 1.21. The van der Waals surface area contributed by atoms with Crippen LogP contribution in [0.3, 0.4) is 0 Å². The molecule has 0 N–H and O–H groups in total. The molecule has 4 rings (SSSR count). The molecule has 0 saturated carbocycles. The lowest BCUT2D eigenvalue weighted by Crippen LogP contribution is -2.52. The van der Waals surface area contributed by atoms with Crippen molar-refractivity contribution in [3.05, 3.63) is 71.6 Å². The van der Waals surface area contributed by atoms with Gasteiger partial charge in [-0.3, -0.25) is 14.6 Å². The lowest BCUT2D eigenvalue weighted by molar-refractivity contribution is -0.141. The molecule has 0 aliphatic carbocycles. The molecule has 3 aromatic rings. The molecular formula is C22H24FN7O2. The fourth-order valence-electron chi connectivity index (χ4n) is 3.85. The summed E-state index contributed by atoms with van der Waals surface area (Å²) in [4.78, 5) is 33.7. The van der Waals surface area contributed by atoms with Gasteiger partial charge in [-0.1, -0.05) is 18.2 Å². The van der Waals surface area contributed by atoms with Gasteiger partial charge in [0.1, 0.15) is 17.7 Å². The Morgan fingerprint density at radius 1 is 1.06 bits per heavy atom. The van der Waals surface area contributed by atoms with Gasteiger partial charge in [0.2, 0.25) is 11.8 Å². The fourth-order valence-corrected chi connectivity index (χ4v) is 3.85. The summed E-state index contributed by atoms with van der Waals surface area (Å²) in [7, 11) is 0. The minimum absolute atomic E-state index is 0.0107. The first-order valence-corrected chi connectivity index (χ1v) is 10.5. The van der Waals surface area contributed by atoms with Crippen molar-refractivity contribution in [3.63, 3.8) is 0 Å². The number of nitrogens with zero attached hydrogens (tertiary/aromatic N) is 7. The van der Waals surface area contributed by atoms with Crippen molar-refractivity contribution in [2.75, 3.05) is 26.2 Å². The van der Waals surface area contributed by atoms with Crippen LogP contribution in [0.1, 0.15) is 23.1 Å². The van der Waals surface area contributed by atoms with Crippen LogP contribution < -0.4 is 0 Å². The maximum Gasteiger partial charge on any atom is 0.248 e. The smallest absolute Gasteiger partial charge is 0.248 e. The number of pyridine rings is 1. The van der Waals surface area contributed by atoms with Crippen LogP contribution in [-0.2, 0) is 22.4 Å². The van der Waals surface area contributed by atoms with Crippen LogP contribution in [0, 0.1) is 12.7 Å². The number of amides is 2. The highest BCUT2D eigenvalue weighted by molar-refractivity contribution is 5.82. The van der Waals surface area contributed by atoms with E-state index in [1.165, 1.54) is 16.8 Å². The zero-order valence-electron chi connectivity index (χ0n) is 17.8. The Kier molecular flexibility index (Phi) is 6.48. The summed E-state index contributed by atoms with van der Waals surface area (Å²) >= 11 is 0. The second kappa shape index (κ2) is 9.63. The second-order valence-corrected chi connectivity index (χ2v) is 7.72. The molecule has 1 aliphatic heterocycles. The van der Waals surface area contributed by atoms with E-state index in [1.807, 2.05) is 18.2 Å². The van der Waals surface area contributed by atoms with Crippen molar-refractivity contribution >= 4 is 11.8 Å².